The van der Waals surface area contributed by atoms with Gasteiger partial charge in [-0.3, -0.25) is 4.90 Å². The minimum absolute atomic E-state index is 0.195. The Morgan fingerprint density at radius 1 is 0.970 bits per heavy atom. The zero-order valence-electron chi connectivity index (χ0n) is 21.1. The van der Waals surface area contributed by atoms with Crippen molar-refractivity contribution < 1.29 is 17.9 Å². The SMILES string of the molecule is CCN(CC(CN1CCC(C)CC1)N1CCC(C)CC1)S(=O)(=O)c1ccc(OC)c(OC)c1. The van der Waals surface area contributed by atoms with Gasteiger partial charge in [-0.15, -0.1) is 0 Å². The van der Waals surface area contributed by atoms with E-state index in [9.17, 15) is 8.42 Å². The molecule has 2 aliphatic rings. The molecule has 33 heavy (non-hydrogen) atoms. The van der Waals surface area contributed by atoms with Crippen molar-refractivity contribution in [1.82, 2.24) is 14.1 Å². The van der Waals surface area contributed by atoms with Crippen LogP contribution in [0.1, 0.15) is 46.5 Å². The van der Waals surface area contributed by atoms with E-state index in [-0.39, 0.29) is 10.9 Å². The third-order valence-corrected chi connectivity index (χ3v) is 9.38. The van der Waals surface area contributed by atoms with Crippen molar-refractivity contribution in [3.05, 3.63) is 18.2 Å². The van der Waals surface area contributed by atoms with E-state index in [1.807, 2.05) is 6.92 Å². The van der Waals surface area contributed by atoms with E-state index in [0.29, 0.717) is 24.6 Å². The molecule has 1 unspecified atom stereocenters. The second kappa shape index (κ2) is 11.9. The summed E-state index contributed by atoms with van der Waals surface area (Å²) in [4.78, 5) is 5.32. The second-order valence-electron chi connectivity index (χ2n) is 9.83. The molecule has 188 valence electrons. The Morgan fingerprint density at radius 2 is 1.55 bits per heavy atom. The minimum Gasteiger partial charge on any atom is -0.493 e. The van der Waals surface area contributed by atoms with Crippen molar-refractivity contribution in [2.24, 2.45) is 11.8 Å². The molecule has 0 N–H and O–H groups in total. The third-order valence-electron chi connectivity index (χ3n) is 7.44. The highest BCUT2D eigenvalue weighted by molar-refractivity contribution is 7.89. The number of methoxy groups -OCH3 is 2. The Balaban J connectivity index is 1.81. The van der Waals surface area contributed by atoms with Crippen LogP contribution in [0.5, 0.6) is 11.5 Å². The van der Waals surface area contributed by atoms with Gasteiger partial charge in [0.15, 0.2) is 11.5 Å². The molecule has 1 atom stereocenters. The highest BCUT2D eigenvalue weighted by Gasteiger charge is 2.32. The Hall–Kier alpha value is -1.35. The number of piperidine rings is 2. The van der Waals surface area contributed by atoms with Crippen LogP contribution in [0, 0.1) is 11.8 Å². The zero-order valence-corrected chi connectivity index (χ0v) is 21.9. The lowest BCUT2D eigenvalue weighted by Crippen LogP contribution is -2.54. The summed E-state index contributed by atoms with van der Waals surface area (Å²) in [5.74, 6) is 2.49. The van der Waals surface area contributed by atoms with Gasteiger partial charge in [-0.05, 0) is 75.8 Å². The molecule has 0 bridgehead atoms. The Morgan fingerprint density at radius 3 is 2.09 bits per heavy atom. The summed E-state index contributed by atoms with van der Waals surface area (Å²) in [7, 11) is -0.572. The van der Waals surface area contributed by atoms with Gasteiger partial charge in [-0.2, -0.15) is 4.31 Å². The molecule has 0 aromatic heterocycles. The standard InChI is InChI=1S/C25H43N3O4S/c1-6-28(33(29,30)23-7-8-24(31-4)25(17-23)32-5)19-22(27-15-11-21(3)12-16-27)18-26-13-9-20(2)10-14-26/h7-8,17,20-22H,6,9-16,18-19H2,1-5H3. The number of hydrogen-bond acceptors (Lipinski definition) is 6. The number of ether oxygens (including phenoxy) is 2. The summed E-state index contributed by atoms with van der Waals surface area (Å²) in [6.45, 7) is 12.8. The molecule has 0 aliphatic carbocycles. The monoisotopic (exact) mass is 481 g/mol. The van der Waals surface area contributed by atoms with E-state index in [1.54, 1.807) is 29.6 Å². The lowest BCUT2D eigenvalue weighted by atomic mass is 9.96. The molecular weight excluding hydrogens is 438 g/mol. The maximum Gasteiger partial charge on any atom is 0.243 e. The minimum atomic E-state index is -3.65. The summed E-state index contributed by atoms with van der Waals surface area (Å²) >= 11 is 0. The predicted molar refractivity (Wildman–Crippen MR) is 133 cm³/mol. The van der Waals surface area contributed by atoms with Gasteiger partial charge >= 0.3 is 0 Å². The molecule has 0 saturated carbocycles. The van der Waals surface area contributed by atoms with Crippen molar-refractivity contribution in [2.75, 3.05) is 60.0 Å². The van der Waals surface area contributed by atoms with Gasteiger partial charge in [0, 0.05) is 31.7 Å². The summed E-state index contributed by atoms with van der Waals surface area (Å²) in [6.07, 6.45) is 4.82. The molecule has 2 heterocycles. The first-order chi connectivity index (χ1) is 15.8. The van der Waals surface area contributed by atoms with Crippen LogP contribution < -0.4 is 9.47 Å². The average molecular weight is 482 g/mol. The molecule has 8 heteroatoms. The summed E-state index contributed by atoms with van der Waals surface area (Å²) in [5.41, 5.74) is 0. The van der Waals surface area contributed by atoms with Crippen LogP contribution in [-0.2, 0) is 10.0 Å². The van der Waals surface area contributed by atoms with Gasteiger partial charge in [0.1, 0.15) is 0 Å². The maximum absolute atomic E-state index is 13.6. The van der Waals surface area contributed by atoms with E-state index >= 15 is 0 Å². The fourth-order valence-electron chi connectivity index (χ4n) is 4.98. The Bertz CT molecular complexity index is 847. The fraction of sp³-hybridized carbons (Fsp3) is 0.760. The van der Waals surface area contributed by atoms with Crippen molar-refractivity contribution in [1.29, 1.82) is 0 Å². The van der Waals surface area contributed by atoms with Gasteiger partial charge in [-0.1, -0.05) is 20.8 Å². The first kappa shape index (κ1) is 26.3. The highest BCUT2D eigenvalue weighted by Crippen LogP contribution is 2.31. The lowest BCUT2D eigenvalue weighted by Gasteiger charge is -2.42. The van der Waals surface area contributed by atoms with Crippen LogP contribution in [-0.4, -0.2) is 88.6 Å². The number of likely N-dealkylation sites (tertiary alicyclic amines) is 2. The van der Waals surface area contributed by atoms with Gasteiger partial charge in [0.25, 0.3) is 0 Å². The van der Waals surface area contributed by atoms with Crippen molar-refractivity contribution in [3.8, 4) is 11.5 Å². The molecule has 3 rings (SSSR count). The van der Waals surface area contributed by atoms with Gasteiger partial charge < -0.3 is 14.4 Å². The molecule has 2 saturated heterocycles. The van der Waals surface area contributed by atoms with E-state index in [2.05, 4.69) is 23.6 Å². The van der Waals surface area contributed by atoms with Crippen molar-refractivity contribution in [2.45, 2.75) is 57.4 Å². The van der Waals surface area contributed by atoms with Crippen LogP contribution in [0.15, 0.2) is 23.1 Å². The van der Waals surface area contributed by atoms with E-state index in [4.69, 9.17) is 9.47 Å². The topological polar surface area (TPSA) is 62.3 Å². The summed E-state index contributed by atoms with van der Waals surface area (Å²) in [6, 6.07) is 5.04. The van der Waals surface area contributed by atoms with Gasteiger partial charge in [0.2, 0.25) is 10.0 Å². The van der Waals surface area contributed by atoms with Crippen LogP contribution in [0.4, 0.5) is 0 Å². The number of rotatable bonds is 10. The molecule has 2 aliphatic heterocycles. The van der Waals surface area contributed by atoms with Crippen LogP contribution in [0.2, 0.25) is 0 Å². The molecule has 7 nitrogen and oxygen atoms in total. The number of likely N-dealkylation sites (N-methyl/N-ethyl adjacent to an activating group) is 1. The largest absolute Gasteiger partial charge is 0.493 e. The zero-order chi connectivity index (χ0) is 24.0. The first-order valence-electron chi connectivity index (χ1n) is 12.5. The number of benzene rings is 1. The van der Waals surface area contributed by atoms with Crippen molar-refractivity contribution in [3.63, 3.8) is 0 Å². The number of nitrogens with zero attached hydrogens (tertiary/aromatic N) is 3. The molecular formula is C25H43N3O4S. The molecule has 0 spiro atoms. The second-order valence-corrected chi connectivity index (χ2v) is 11.8. The van der Waals surface area contributed by atoms with E-state index < -0.39 is 10.0 Å². The normalized spacial score (nSPS) is 20.8. The third kappa shape index (κ3) is 6.62. The van der Waals surface area contributed by atoms with E-state index in [1.165, 1.54) is 32.8 Å². The van der Waals surface area contributed by atoms with Crippen molar-refractivity contribution >= 4 is 10.0 Å². The van der Waals surface area contributed by atoms with Crippen LogP contribution in [0.3, 0.4) is 0 Å². The molecule has 2 fully saturated rings. The fourth-order valence-corrected chi connectivity index (χ4v) is 6.49. The predicted octanol–water partition coefficient (Wildman–Crippen LogP) is 3.55. The number of sulfonamides is 1. The maximum atomic E-state index is 13.6. The summed E-state index contributed by atoms with van der Waals surface area (Å²) < 4.78 is 39.6. The van der Waals surface area contributed by atoms with Crippen LogP contribution in [0.25, 0.3) is 0 Å². The molecule has 0 amide bonds. The number of hydrogen-bond donors (Lipinski definition) is 0. The Labute approximate surface area is 201 Å². The Kier molecular flexibility index (Phi) is 9.44. The molecule has 0 radical (unpaired) electrons. The molecule has 1 aromatic carbocycles. The quantitative estimate of drug-likeness (QED) is 0.509. The van der Waals surface area contributed by atoms with E-state index in [0.717, 1.165) is 44.6 Å². The first-order valence-corrected chi connectivity index (χ1v) is 13.9. The summed E-state index contributed by atoms with van der Waals surface area (Å²) in [5, 5.41) is 0. The van der Waals surface area contributed by atoms with Gasteiger partial charge in [-0.25, -0.2) is 8.42 Å². The highest BCUT2D eigenvalue weighted by atomic mass is 32.2. The average Bonchev–Trinajstić information content (AvgIpc) is 2.82. The lowest BCUT2D eigenvalue weighted by molar-refractivity contribution is 0.0777. The van der Waals surface area contributed by atoms with Gasteiger partial charge in [0.05, 0.1) is 19.1 Å². The van der Waals surface area contributed by atoms with Crippen LogP contribution >= 0.6 is 0 Å². The smallest absolute Gasteiger partial charge is 0.243 e. The molecule has 1 aromatic rings.